The quantitative estimate of drug-likeness (QED) is 0.331. The minimum atomic E-state index is -1.31. The Morgan fingerprint density at radius 2 is 1.33 bits per heavy atom. The summed E-state index contributed by atoms with van der Waals surface area (Å²) in [6.45, 7) is 0. The van der Waals surface area contributed by atoms with Crippen LogP contribution in [0.2, 0.25) is 0 Å². The first kappa shape index (κ1) is 17.3. The molecule has 0 aromatic heterocycles. The van der Waals surface area contributed by atoms with Crippen LogP contribution >= 0.6 is 0 Å². The molecule has 0 saturated carbocycles. The van der Waals surface area contributed by atoms with Gasteiger partial charge < -0.3 is 13.1 Å². The smallest absolute Gasteiger partial charge is 1.00 e. The van der Waals surface area contributed by atoms with Gasteiger partial charge in [0.1, 0.15) is 6.42 Å². The second-order valence-electron chi connectivity index (χ2n) is 0.964. The summed E-state index contributed by atoms with van der Waals surface area (Å²) in [4.78, 5) is 18.9. The van der Waals surface area contributed by atoms with Gasteiger partial charge in [0.15, 0.2) is 0 Å². The number of carboxylic acids is 2. The van der Waals surface area contributed by atoms with Crippen molar-refractivity contribution in [3.05, 3.63) is 0 Å². The Morgan fingerprint density at radius 1 is 1.11 bits per heavy atom. The van der Waals surface area contributed by atoms with Gasteiger partial charge in [-0.3, -0.25) is 9.59 Å². The average molecular weight is 184 g/mol. The van der Waals surface area contributed by atoms with Gasteiger partial charge >= 0.3 is 115 Å². The van der Waals surface area contributed by atoms with Gasteiger partial charge in [0.2, 0.25) is 0 Å². The van der Waals surface area contributed by atoms with E-state index in [-0.39, 0.29) is 106 Å². The largest absolute Gasteiger partial charge is 1.00 e. The molecule has 6 heteroatoms. The summed E-state index contributed by atoms with van der Waals surface area (Å²) in [6.07, 6.45) is -0.806. The summed E-state index contributed by atoms with van der Waals surface area (Å²) >= 11 is 0. The summed E-state index contributed by atoms with van der Waals surface area (Å²) in [6, 6.07) is 0. The van der Waals surface area contributed by atoms with Crippen molar-refractivity contribution in [2.75, 3.05) is 0 Å². The molecule has 0 aromatic carbocycles. The number of carbonyl (C=O) groups is 2. The zero-order valence-corrected chi connectivity index (χ0v) is 11.7. The molecule has 0 spiro atoms. The van der Waals surface area contributed by atoms with Crippen molar-refractivity contribution in [1.29, 1.82) is 0 Å². The SMILES string of the molecule is O=C(O)CC(=O)O.[H-].[H-].[K+].[K+]. The van der Waals surface area contributed by atoms with Crippen LogP contribution in [0.15, 0.2) is 0 Å². The maximum absolute atomic E-state index is 9.43. The topological polar surface area (TPSA) is 74.6 Å². The van der Waals surface area contributed by atoms with E-state index in [4.69, 9.17) is 10.2 Å². The van der Waals surface area contributed by atoms with E-state index in [0.29, 0.717) is 0 Å². The van der Waals surface area contributed by atoms with E-state index in [1.54, 1.807) is 0 Å². The minimum Gasteiger partial charge on any atom is -1.00 e. The zero-order valence-electron chi connectivity index (χ0n) is 7.42. The molecule has 0 rings (SSSR count). The summed E-state index contributed by atoms with van der Waals surface area (Å²) in [5.41, 5.74) is 0. The molecule has 0 aliphatic heterocycles. The molecule has 0 bridgehead atoms. The maximum Gasteiger partial charge on any atom is 1.00 e. The van der Waals surface area contributed by atoms with Crippen LogP contribution < -0.4 is 103 Å². The van der Waals surface area contributed by atoms with Gasteiger partial charge in [0.05, 0.1) is 0 Å². The van der Waals surface area contributed by atoms with Crippen LogP contribution in [0.4, 0.5) is 0 Å². The van der Waals surface area contributed by atoms with Crippen molar-refractivity contribution in [3.63, 3.8) is 0 Å². The fourth-order valence-corrected chi connectivity index (χ4v) is 0.129. The number of aliphatic carboxylic acids is 2. The number of rotatable bonds is 2. The van der Waals surface area contributed by atoms with Crippen molar-refractivity contribution >= 4 is 11.9 Å². The Kier molecular flexibility index (Phi) is 19.7. The van der Waals surface area contributed by atoms with Crippen LogP contribution in [0.3, 0.4) is 0 Å². The fraction of sp³-hybridized carbons (Fsp3) is 0.333. The summed E-state index contributed by atoms with van der Waals surface area (Å²) < 4.78 is 0. The molecule has 0 radical (unpaired) electrons. The number of hydrogen-bond acceptors (Lipinski definition) is 2. The van der Waals surface area contributed by atoms with Gasteiger partial charge in [-0.25, -0.2) is 0 Å². The molecule has 0 amide bonds. The predicted molar refractivity (Wildman–Crippen MR) is 22.1 cm³/mol. The summed E-state index contributed by atoms with van der Waals surface area (Å²) in [5.74, 6) is -2.62. The summed E-state index contributed by atoms with van der Waals surface area (Å²) in [7, 11) is 0. The van der Waals surface area contributed by atoms with E-state index >= 15 is 0 Å². The van der Waals surface area contributed by atoms with E-state index in [9.17, 15) is 9.59 Å². The van der Waals surface area contributed by atoms with Crippen LogP contribution in [0, 0.1) is 0 Å². The standard InChI is InChI=1S/C3H4O4.2K.2H/c4-2(5)1-3(6)7;;;;/h1H2,(H,4,5)(H,6,7);;;;/q;2*+1;2*-1. The molecular weight excluding hydrogens is 178 g/mol. The zero-order chi connectivity index (χ0) is 5.86. The number of hydrogen-bond donors (Lipinski definition) is 2. The van der Waals surface area contributed by atoms with Crippen molar-refractivity contribution in [2.45, 2.75) is 6.42 Å². The number of carboxylic acid groups (broad SMARTS) is 2. The first-order valence-corrected chi connectivity index (χ1v) is 1.56. The molecule has 44 valence electrons. The monoisotopic (exact) mass is 184 g/mol. The molecule has 0 atom stereocenters. The normalized spacial score (nSPS) is 6.22. The molecule has 2 N–H and O–H groups in total. The fourth-order valence-electron chi connectivity index (χ4n) is 0.129. The van der Waals surface area contributed by atoms with Gasteiger partial charge in [0, 0.05) is 0 Å². The van der Waals surface area contributed by atoms with Crippen molar-refractivity contribution in [3.8, 4) is 0 Å². The third-order valence-corrected chi connectivity index (χ3v) is 0.302. The molecule has 0 aliphatic carbocycles. The van der Waals surface area contributed by atoms with E-state index in [1.165, 1.54) is 0 Å². The molecule has 0 aromatic rings. The van der Waals surface area contributed by atoms with Gasteiger partial charge in [-0.15, -0.1) is 0 Å². The second kappa shape index (κ2) is 10.2. The van der Waals surface area contributed by atoms with Gasteiger partial charge in [-0.1, -0.05) is 0 Å². The Hall–Kier alpha value is 2.21. The van der Waals surface area contributed by atoms with Crippen LogP contribution in [0.1, 0.15) is 9.27 Å². The van der Waals surface area contributed by atoms with Gasteiger partial charge in [-0.05, 0) is 0 Å². The molecule has 0 aliphatic rings. The Balaban J connectivity index is -0.0000000300. The first-order chi connectivity index (χ1) is 3.13. The average Bonchev–Trinajstić information content (AvgIpc) is 1.27. The molecule has 0 saturated heterocycles. The predicted octanol–water partition coefficient (Wildman–Crippen LogP) is -6.22. The van der Waals surface area contributed by atoms with E-state index in [0.717, 1.165) is 0 Å². The molecule has 0 heterocycles. The van der Waals surface area contributed by atoms with Crippen LogP contribution in [-0.2, 0) is 9.59 Å². The Labute approximate surface area is 140 Å². The Bertz CT molecular complexity index is 97.5. The van der Waals surface area contributed by atoms with E-state index in [1.807, 2.05) is 0 Å². The van der Waals surface area contributed by atoms with Gasteiger partial charge in [0.25, 0.3) is 0 Å². The van der Waals surface area contributed by atoms with E-state index in [2.05, 4.69) is 0 Å². The van der Waals surface area contributed by atoms with E-state index < -0.39 is 18.4 Å². The molecule has 0 unspecified atom stereocenters. The van der Waals surface area contributed by atoms with Gasteiger partial charge in [-0.2, -0.15) is 0 Å². The Morgan fingerprint density at radius 3 is 1.33 bits per heavy atom. The van der Waals surface area contributed by atoms with Crippen LogP contribution in [-0.4, -0.2) is 22.2 Å². The van der Waals surface area contributed by atoms with Crippen molar-refractivity contribution in [1.82, 2.24) is 0 Å². The third-order valence-electron chi connectivity index (χ3n) is 0.302. The third kappa shape index (κ3) is 17.8. The molecule has 0 fully saturated rings. The first-order valence-electron chi connectivity index (χ1n) is 1.56. The summed E-state index contributed by atoms with van der Waals surface area (Å²) in [5, 5.41) is 15.4. The van der Waals surface area contributed by atoms with Crippen LogP contribution in [0.25, 0.3) is 0 Å². The minimum absolute atomic E-state index is 0. The molecular formula is C3H6K2O4. The molecule has 4 nitrogen and oxygen atoms in total. The second-order valence-corrected chi connectivity index (χ2v) is 0.964. The molecule has 9 heavy (non-hydrogen) atoms. The van der Waals surface area contributed by atoms with Crippen molar-refractivity contribution in [2.24, 2.45) is 0 Å². The van der Waals surface area contributed by atoms with Crippen LogP contribution in [0.5, 0.6) is 0 Å². The van der Waals surface area contributed by atoms with Crippen molar-refractivity contribution < 1.29 is 125 Å². The maximum atomic E-state index is 9.43.